The molecule has 1 aliphatic carbocycles. The van der Waals surface area contributed by atoms with Gasteiger partial charge in [-0.2, -0.15) is 0 Å². The number of ether oxygens (including phenoxy) is 1. The number of sulfonamides is 1. The maximum atomic E-state index is 13.4. The van der Waals surface area contributed by atoms with Crippen molar-refractivity contribution in [3.63, 3.8) is 0 Å². The van der Waals surface area contributed by atoms with Crippen molar-refractivity contribution < 1.29 is 27.6 Å². The SMILES string of the molecule is Cc1noc(C)c1S(=O)(=O)Nc1ccc2c(c1)CC(=O)N([C@H](C)CO)C[C@@H](C)[C@@H](CN(C)CC1CC1)O2. The lowest BCUT2D eigenvalue weighted by Crippen LogP contribution is -2.47. The summed E-state index contributed by atoms with van der Waals surface area (Å²) in [7, 11) is -1.86. The standard InChI is InChI=1S/C26H38N4O6S/c1-16-12-30(17(2)15-31)25(32)11-21-10-22(28-37(33,34)26-18(3)27-36-19(26)4)8-9-23(21)35-24(16)14-29(5)13-20-6-7-20/h8-10,16-17,20,24,28,31H,6-7,11-15H2,1-5H3/t16-,17-,24-/m1/s1. The fourth-order valence-electron chi connectivity index (χ4n) is 4.90. The average Bonchev–Trinajstić information content (AvgIpc) is 3.56. The summed E-state index contributed by atoms with van der Waals surface area (Å²) in [5.41, 5.74) is 1.17. The van der Waals surface area contributed by atoms with Crippen LogP contribution in [0.4, 0.5) is 5.69 Å². The van der Waals surface area contributed by atoms with Crippen LogP contribution in [0.15, 0.2) is 27.6 Å². The first kappa shape index (κ1) is 27.4. The maximum Gasteiger partial charge on any atom is 0.267 e. The van der Waals surface area contributed by atoms with Crippen LogP contribution in [0.1, 0.15) is 43.7 Å². The van der Waals surface area contributed by atoms with Crippen LogP contribution in [0.2, 0.25) is 0 Å². The first-order chi connectivity index (χ1) is 17.5. The number of carbonyl (C=O) groups excluding carboxylic acids is 1. The van der Waals surface area contributed by atoms with Crippen molar-refractivity contribution in [2.24, 2.45) is 11.8 Å². The second kappa shape index (κ2) is 11.0. The Morgan fingerprint density at radius 2 is 2.00 bits per heavy atom. The van der Waals surface area contributed by atoms with Crippen LogP contribution in [0.5, 0.6) is 5.75 Å². The second-order valence-electron chi connectivity index (χ2n) is 10.6. The molecular formula is C26H38N4O6S. The summed E-state index contributed by atoms with van der Waals surface area (Å²) in [4.78, 5) is 17.4. The Kier molecular flexibility index (Phi) is 8.15. The Bertz CT molecular complexity index is 1210. The smallest absolute Gasteiger partial charge is 0.267 e. The third-order valence-corrected chi connectivity index (χ3v) is 8.79. The van der Waals surface area contributed by atoms with Crippen LogP contribution >= 0.6 is 0 Å². The van der Waals surface area contributed by atoms with Crippen molar-refractivity contribution in [1.29, 1.82) is 0 Å². The van der Waals surface area contributed by atoms with E-state index in [1.54, 1.807) is 36.9 Å². The number of anilines is 1. The molecule has 2 aromatic rings. The van der Waals surface area contributed by atoms with Gasteiger partial charge < -0.3 is 24.2 Å². The van der Waals surface area contributed by atoms with Crippen LogP contribution in [0.3, 0.4) is 0 Å². The van der Waals surface area contributed by atoms with Gasteiger partial charge in [0.05, 0.1) is 19.1 Å². The van der Waals surface area contributed by atoms with E-state index in [0.29, 0.717) is 30.1 Å². The van der Waals surface area contributed by atoms with Crippen LogP contribution in [0.25, 0.3) is 0 Å². The predicted molar refractivity (Wildman–Crippen MR) is 139 cm³/mol. The summed E-state index contributed by atoms with van der Waals surface area (Å²) in [6.07, 6.45) is 2.36. The molecule has 4 rings (SSSR count). The molecule has 1 amide bonds. The molecule has 0 unspecified atom stereocenters. The summed E-state index contributed by atoms with van der Waals surface area (Å²) in [5.74, 6) is 1.37. The number of hydrogen-bond donors (Lipinski definition) is 2. The number of benzene rings is 1. The molecule has 2 N–H and O–H groups in total. The number of carbonyl (C=O) groups is 1. The number of hydrogen-bond acceptors (Lipinski definition) is 8. The van der Waals surface area contributed by atoms with Gasteiger partial charge in [0.1, 0.15) is 17.5 Å². The highest BCUT2D eigenvalue weighted by molar-refractivity contribution is 7.92. The van der Waals surface area contributed by atoms with E-state index < -0.39 is 10.0 Å². The molecule has 3 atom stereocenters. The number of aliphatic hydroxyl groups excluding tert-OH is 1. The lowest BCUT2D eigenvalue weighted by atomic mass is 10.0. The van der Waals surface area contributed by atoms with Crippen LogP contribution in [0, 0.1) is 25.7 Å². The Morgan fingerprint density at radius 1 is 1.27 bits per heavy atom. The number of aromatic nitrogens is 1. The molecular weight excluding hydrogens is 496 g/mol. The number of aryl methyl sites for hydroxylation is 2. The Labute approximate surface area is 219 Å². The van der Waals surface area contributed by atoms with E-state index in [0.717, 1.165) is 12.5 Å². The van der Waals surface area contributed by atoms with Gasteiger partial charge in [-0.1, -0.05) is 12.1 Å². The van der Waals surface area contributed by atoms with Gasteiger partial charge >= 0.3 is 0 Å². The van der Waals surface area contributed by atoms with Gasteiger partial charge in [-0.05, 0) is 64.8 Å². The summed E-state index contributed by atoms with van der Waals surface area (Å²) in [5, 5.41) is 13.6. The molecule has 37 heavy (non-hydrogen) atoms. The number of likely N-dealkylation sites (N-methyl/N-ethyl adjacent to an activating group) is 1. The van der Waals surface area contributed by atoms with Gasteiger partial charge in [-0.25, -0.2) is 8.42 Å². The monoisotopic (exact) mass is 534 g/mol. The molecule has 10 nitrogen and oxygen atoms in total. The van der Waals surface area contributed by atoms with Gasteiger partial charge in [0.15, 0.2) is 10.7 Å². The molecule has 0 bridgehead atoms. The highest BCUT2D eigenvalue weighted by atomic mass is 32.2. The predicted octanol–water partition coefficient (Wildman–Crippen LogP) is 2.58. The van der Waals surface area contributed by atoms with Crippen molar-refractivity contribution in [3.05, 3.63) is 35.2 Å². The summed E-state index contributed by atoms with van der Waals surface area (Å²) >= 11 is 0. The third-order valence-electron chi connectivity index (χ3n) is 7.16. The number of fused-ring (bicyclic) bond motifs is 1. The highest BCUT2D eigenvalue weighted by Gasteiger charge is 2.32. The van der Waals surface area contributed by atoms with Gasteiger partial charge in [-0.15, -0.1) is 0 Å². The molecule has 2 heterocycles. The quantitative estimate of drug-likeness (QED) is 0.503. The van der Waals surface area contributed by atoms with Crippen molar-refractivity contribution in [2.45, 2.75) is 64.0 Å². The number of amides is 1. The molecule has 11 heteroatoms. The zero-order valence-electron chi connectivity index (χ0n) is 22.2. The van der Waals surface area contributed by atoms with Crippen LogP contribution in [-0.2, 0) is 21.2 Å². The first-order valence-corrected chi connectivity index (χ1v) is 14.3. The third kappa shape index (κ3) is 6.45. The molecule has 0 spiro atoms. The van der Waals surface area contributed by atoms with E-state index in [-0.39, 0.29) is 53.3 Å². The molecule has 1 aromatic carbocycles. The number of nitrogens with zero attached hydrogens (tertiary/aromatic N) is 3. The highest BCUT2D eigenvalue weighted by Crippen LogP contribution is 2.32. The van der Waals surface area contributed by atoms with Gasteiger partial charge in [0, 0.05) is 36.8 Å². The molecule has 1 aliphatic heterocycles. The fourth-order valence-corrected chi connectivity index (χ4v) is 6.28. The minimum absolute atomic E-state index is 0.00102. The zero-order chi connectivity index (χ0) is 26.9. The summed E-state index contributed by atoms with van der Waals surface area (Å²) in [6.45, 7) is 9.04. The van der Waals surface area contributed by atoms with Crippen molar-refractivity contribution in [2.75, 3.05) is 38.0 Å². The number of nitrogens with one attached hydrogen (secondary N) is 1. The Hall–Kier alpha value is -2.63. The molecule has 2 aliphatic rings. The molecule has 1 fully saturated rings. The Morgan fingerprint density at radius 3 is 2.62 bits per heavy atom. The Balaban J connectivity index is 1.65. The van der Waals surface area contributed by atoms with E-state index in [2.05, 4.69) is 28.8 Å². The van der Waals surface area contributed by atoms with E-state index in [1.807, 2.05) is 6.92 Å². The van der Waals surface area contributed by atoms with E-state index in [1.165, 1.54) is 12.8 Å². The normalized spacial score (nSPS) is 21.6. The maximum absolute atomic E-state index is 13.4. The lowest BCUT2D eigenvalue weighted by molar-refractivity contribution is -0.134. The zero-order valence-corrected chi connectivity index (χ0v) is 23.0. The number of aliphatic hydroxyl groups is 1. The average molecular weight is 535 g/mol. The first-order valence-electron chi connectivity index (χ1n) is 12.8. The topological polar surface area (TPSA) is 125 Å². The van der Waals surface area contributed by atoms with Gasteiger partial charge in [-0.3, -0.25) is 9.52 Å². The summed E-state index contributed by atoms with van der Waals surface area (Å²) in [6, 6.07) is 4.66. The summed E-state index contributed by atoms with van der Waals surface area (Å²) < 4.78 is 40.2. The second-order valence-corrected chi connectivity index (χ2v) is 12.3. The minimum atomic E-state index is -3.95. The molecule has 204 valence electrons. The molecule has 1 saturated carbocycles. The lowest BCUT2D eigenvalue weighted by Gasteiger charge is -2.34. The van der Waals surface area contributed by atoms with Gasteiger partial charge in [0.25, 0.3) is 10.0 Å². The van der Waals surface area contributed by atoms with Gasteiger partial charge in [0.2, 0.25) is 5.91 Å². The molecule has 0 saturated heterocycles. The fraction of sp³-hybridized carbons (Fsp3) is 0.615. The van der Waals surface area contributed by atoms with Crippen molar-refractivity contribution in [3.8, 4) is 5.75 Å². The minimum Gasteiger partial charge on any atom is -0.488 e. The van der Waals surface area contributed by atoms with Crippen molar-refractivity contribution in [1.82, 2.24) is 15.0 Å². The van der Waals surface area contributed by atoms with E-state index >= 15 is 0 Å². The number of rotatable bonds is 9. The van der Waals surface area contributed by atoms with Crippen molar-refractivity contribution >= 4 is 21.6 Å². The van der Waals surface area contributed by atoms with Crippen LogP contribution < -0.4 is 9.46 Å². The molecule has 1 aromatic heterocycles. The molecule has 0 radical (unpaired) electrons. The van der Waals surface area contributed by atoms with E-state index in [4.69, 9.17) is 9.26 Å². The van der Waals surface area contributed by atoms with Crippen LogP contribution in [-0.4, -0.2) is 79.8 Å². The van der Waals surface area contributed by atoms with E-state index in [9.17, 15) is 18.3 Å². The largest absolute Gasteiger partial charge is 0.488 e.